The molecular formula is C14H27ClN2O4. The molecule has 1 aliphatic rings. The van der Waals surface area contributed by atoms with Gasteiger partial charge in [0.2, 0.25) is 5.91 Å². The van der Waals surface area contributed by atoms with Crippen LogP contribution in [0.2, 0.25) is 0 Å². The van der Waals surface area contributed by atoms with Crippen LogP contribution in [0.3, 0.4) is 0 Å². The van der Waals surface area contributed by atoms with Crippen LogP contribution in [0.1, 0.15) is 34.1 Å². The van der Waals surface area contributed by atoms with E-state index in [1.54, 1.807) is 6.92 Å². The Bertz CT molecular complexity index is 389. The van der Waals surface area contributed by atoms with Crippen LogP contribution in [-0.4, -0.2) is 43.8 Å². The normalized spacial score (nSPS) is 27.8. The van der Waals surface area contributed by atoms with E-state index in [0.29, 0.717) is 13.0 Å². The van der Waals surface area contributed by atoms with Gasteiger partial charge in [0.1, 0.15) is 5.54 Å². The predicted octanol–water partition coefficient (Wildman–Crippen LogP) is 0.866. The highest BCUT2D eigenvalue weighted by Gasteiger charge is 2.62. The number of rotatable bonds is 6. The Labute approximate surface area is 132 Å². The minimum atomic E-state index is -0.956. The van der Waals surface area contributed by atoms with E-state index in [-0.39, 0.29) is 36.9 Å². The highest BCUT2D eigenvalue weighted by Crippen LogP contribution is 2.49. The quantitative estimate of drug-likeness (QED) is 0.708. The minimum Gasteiger partial charge on any atom is -0.469 e. The lowest BCUT2D eigenvalue weighted by Crippen LogP contribution is -2.75. The van der Waals surface area contributed by atoms with E-state index in [4.69, 9.17) is 10.5 Å². The van der Waals surface area contributed by atoms with Gasteiger partial charge in [-0.15, -0.1) is 12.4 Å². The molecule has 0 saturated heterocycles. The molecule has 3 unspecified atom stereocenters. The highest BCUT2D eigenvalue weighted by molar-refractivity contribution is 5.89. The first kappa shape index (κ1) is 20.1. The number of ether oxygens (including phenoxy) is 2. The Morgan fingerprint density at radius 1 is 1.43 bits per heavy atom. The molecule has 21 heavy (non-hydrogen) atoms. The molecule has 3 N–H and O–H groups in total. The fourth-order valence-corrected chi connectivity index (χ4v) is 2.51. The fourth-order valence-electron chi connectivity index (χ4n) is 2.51. The third-order valence-corrected chi connectivity index (χ3v) is 4.41. The van der Waals surface area contributed by atoms with Crippen molar-refractivity contribution < 1.29 is 19.1 Å². The van der Waals surface area contributed by atoms with Crippen molar-refractivity contribution in [3.8, 4) is 0 Å². The summed E-state index contributed by atoms with van der Waals surface area (Å²) in [5, 5.41) is 2.74. The van der Waals surface area contributed by atoms with E-state index in [1.807, 2.05) is 20.8 Å². The van der Waals surface area contributed by atoms with Crippen LogP contribution in [0.5, 0.6) is 0 Å². The van der Waals surface area contributed by atoms with Crippen LogP contribution in [0.25, 0.3) is 0 Å². The second kappa shape index (κ2) is 7.42. The van der Waals surface area contributed by atoms with E-state index in [9.17, 15) is 9.59 Å². The average molecular weight is 323 g/mol. The lowest BCUT2D eigenvalue weighted by molar-refractivity contribution is -0.170. The molecule has 1 aliphatic carbocycles. The van der Waals surface area contributed by atoms with Gasteiger partial charge < -0.3 is 20.5 Å². The lowest BCUT2D eigenvalue weighted by atomic mass is 9.54. The Kier molecular flexibility index (Phi) is 7.12. The highest BCUT2D eigenvalue weighted by atomic mass is 35.5. The molecule has 0 spiro atoms. The lowest BCUT2D eigenvalue weighted by Gasteiger charge is -2.57. The number of carbonyl (C=O) groups excluding carboxylic acids is 2. The summed E-state index contributed by atoms with van der Waals surface area (Å²) in [6.45, 7) is 8.31. The number of hydrogen-bond acceptors (Lipinski definition) is 5. The van der Waals surface area contributed by atoms with Gasteiger partial charge in [-0.1, -0.05) is 20.8 Å². The van der Waals surface area contributed by atoms with Crippen molar-refractivity contribution in [3.63, 3.8) is 0 Å². The maximum Gasteiger partial charge on any atom is 0.310 e. The predicted molar refractivity (Wildman–Crippen MR) is 82.2 cm³/mol. The zero-order valence-electron chi connectivity index (χ0n) is 13.4. The summed E-state index contributed by atoms with van der Waals surface area (Å²) >= 11 is 0. The zero-order chi connectivity index (χ0) is 15.6. The van der Waals surface area contributed by atoms with Crippen molar-refractivity contribution in [1.82, 2.24) is 5.32 Å². The number of halogens is 1. The van der Waals surface area contributed by atoms with Crippen molar-refractivity contribution in [3.05, 3.63) is 0 Å². The molecule has 0 aromatic carbocycles. The van der Waals surface area contributed by atoms with Gasteiger partial charge in [0.25, 0.3) is 0 Å². The summed E-state index contributed by atoms with van der Waals surface area (Å²) in [7, 11) is 1.33. The average Bonchev–Trinajstić information content (AvgIpc) is 2.42. The van der Waals surface area contributed by atoms with E-state index in [2.05, 4.69) is 10.1 Å². The van der Waals surface area contributed by atoms with E-state index < -0.39 is 16.9 Å². The molecule has 0 aromatic heterocycles. The molecular weight excluding hydrogens is 296 g/mol. The first-order valence-electron chi connectivity index (χ1n) is 6.97. The molecule has 3 atom stereocenters. The molecule has 0 aliphatic heterocycles. The molecule has 1 amide bonds. The maximum atomic E-state index is 12.3. The fraction of sp³-hybridized carbons (Fsp3) is 0.857. The second-order valence-corrected chi connectivity index (χ2v) is 5.98. The van der Waals surface area contributed by atoms with Gasteiger partial charge in [-0.25, -0.2) is 0 Å². The van der Waals surface area contributed by atoms with Crippen molar-refractivity contribution in [2.24, 2.45) is 17.1 Å². The monoisotopic (exact) mass is 322 g/mol. The van der Waals surface area contributed by atoms with Crippen LogP contribution in [0, 0.1) is 11.3 Å². The molecule has 0 aromatic rings. The van der Waals surface area contributed by atoms with Crippen LogP contribution in [-0.2, 0) is 19.1 Å². The van der Waals surface area contributed by atoms with Gasteiger partial charge in [0, 0.05) is 25.0 Å². The van der Waals surface area contributed by atoms with E-state index in [0.717, 1.165) is 0 Å². The van der Waals surface area contributed by atoms with Crippen LogP contribution in [0.15, 0.2) is 0 Å². The molecule has 1 rings (SSSR count). The maximum absolute atomic E-state index is 12.3. The molecule has 0 bridgehead atoms. The molecule has 1 fully saturated rings. The van der Waals surface area contributed by atoms with Crippen LogP contribution in [0.4, 0.5) is 0 Å². The number of nitrogens with one attached hydrogen (secondary N) is 1. The molecule has 0 heterocycles. The number of carbonyl (C=O) groups is 2. The zero-order valence-corrected chi connectivity index (χ0v) is 14.2. The third kappa shape index (κ3) is 3.67. The smallest absolute Gasteiger partial charge is 0.310 e. The second-order valence-electron chi connectivity index (χ2n) is 5.98. The summed E-state index contributed by atoms with van der Waals surface area (Å²) in [6, 6.07) is 0. The van der Waals surface area contributed by atoms with E-state index in [1.165, 1.54) is 7.11 Å². The number of hydrogen-bond donors (Lipinski definition) is 2. The van der Waals surface area contributed by atoms with Crippen molar-refractivity contribution in [1.29, 1.82) is 0 Å². The Balaban J connectivity index is 0.00000400. The summed E-state index contributed by atoms with van der Waals surface area (Å²) in [4.78, 5) is 23.6. The molecule has 0 radical (unpaired) electrons. The molecule has 1 saturated carbocycles. The Morgan fingerprint density at radius 3 is 2.43 bits per heavy atom. The van der Waals surface area contributed by atoms with E-state index >= 15 is 0 Å². The van der Waals surface area contributed by atoms with Gasteiger partial charge in [0.15, 0.2) is 0 Å². The number of amides is 1. The summed E-state index contributed by atoms with van der Waals surface area (Å²) < 4.78 is 10.2. The largest absolute Gasteiger partial charge is 0.469 e. The molecule has 124 valence electrons. The Hall–Kier alpha value is -0.850. The van der Waals surface area contributed by atoms with Gasteiger partial charge in [-0.3, -0.25) is 9.59 Å². The van der Waals surface area contributed by atoms with Gasteiger partial charge in [-0.05, 0) is 6.92 Å². The van der Waals surface area contributed by atoms with Crippen LogP contribution < -0.4 is 11.1 Å². The van der Waals surface area contributed by atoms with Crippen molar-refractivity contribution in [2.75, 3.05) is 20.3 Å². The summed E-state index contributed by atoms with van der Waals surface area (Å²) in [5.41, 5.74) is 4.85. The summed E-state index contributed by atoms with van der Waals surface area (Å²) in [5.74, 6) is -0.982. The Morgan fingerprint density at radius 2 is 2.00 bits per heavy atom. The minimum absolute atomic E-state index is 0. The van der Waals surface area contributed by atoms with Crippen molar-refractivity contribution in [2.45, 2.75) is 45.8 Å². The first-order chi connectivity index (χ1) is 9.20. The SMILES string of the molecule is CCOC1CC(N)(C(=O)NCC(C)C(=O)OC)C1(C)C.Cl. The first-order valence-corrected chi connectivity index (χ1v) is 6.97. The third-order valence-electron chi connectivity index (χ3n) is 4.41. The molecule has 7 heteroatoms. The number of nitrogens with two attached hydrogens (primary N) is 1. The standard InChI is InChI=1S/C14H26N2O4.ClH/c1-6-20-10-7-14(15,13(10,3)4)12(18)16-8-9(2)11(17)19-5;/h9-10H,6-8,15H2,1-5H3,(H,16,18);1H. The number of methoxy groups -OCH3 is 1. The van der Waals surface area contributed by atoms with Crippen molar-refractivity contribution >= 4 is 24.3 Å². The van der Waals surface area contributed by atoms with Gasteiger partial charge >= 0.3 is 5.97 Å². The van der Waals surface area contributed by atoms with Crippen LogP contribution >= 0.6 is 12.4 Å². The number of esters is 1. The van der Waals surface area contributed by atoms with Gasteiger partial charge in [0.05, 0.1) is 19.1 Å². The topological polar surface area (TPSA) is 90.6 Å². The molecule has 6 nitrogen and oxygen atoms in total. The summed E-state index contributed by atoms with van der Waals surface area (Å²) in [6.07, 6.45) is 0.480. The van der Waals surface area contributed by atoms with Gasteiger partial charge in [-0.2, -0.15) is 0 Å².